The van der Waals surface area contributed by atoms with Crippen LogP contribution in [-0.4, -0.2) is 24.8 Å². The minimum atomic E-state index is -0.380. The Morgan fingerprint density at radius 2 is 2.31 bits per heavy atom. The summed E-state index contributed by atoms with van der Waals surface area (Å²) in [5, 5.41) is 12.7. The first-order chi connectivity index (χ1) is 7.72. The highest BCUT2D eigenvalue weighted by Crippen LogP contribution is 2.31. The second-order valence-corrected chi connectivity index (χ2v) is 4.62. The summed E-state index contributed by atoms with van der Waals surface area (Å²) in [6, 6.07) is 4.92. The van der Waals surface area contributed by atoms with Crippen LogP contribution in [0.3, 0.4) is 0 Å². The first kappa shape index (κ1) is 11.8. The molecule has 1 fully saturated rings. The molecule has 1 saturated heterocycles. The fraction of sp³-hybridized carbons (Fsp3) is 0.500. The molecule has 2 N–H and O–H groups in total. The van der Waals surface area contributed by atoms with Gasteiger partial charge in [0, 0.05) is 19.1 Å². The summed E-state index contributed by atoms with van der Waals surface area (Å²) in [6.45, 7) is 1.82. The molecule has 0 spiro atoms. The van der Waals surface area contributed by atoms with E-state index in [1.807, 2.05) is 6.07 Å². The average molecular weight is 244 g/mol. The fourth-order valence-electron chi connectivity index (χ4n) is 2.30. The van der Waals surface area contributed by atoms with Gasteiger partial charge in [-0.1, -0.05) is 17.7 Å². The molecule has 88 valence electrons. The summed E-state index contributed by atoms with van der Waals surface area (Å²) < 4.78 is 13.4. The third-order valence-electron chi connectivity index (χ3n) is 3.21. The van der Waals surface area contributed by atoms with Crippen LogP contribution in [0.5, 0.6) is 0 Å². The quantitative estimate of drug-likeness (QED) is 0.835. The van der Waals surface area contributed by atoms with Crippen LogP contribution < -0.4 is 5.32 Å². The standard InChI is InChI=1S/C12H15ClFNO/c13-11-2-1-8(5-12(11)14)10-3-4-15-6-9(10)7-16/h1-2,5,9-10,15-16H,3-4,6-7H2/t9-,10-/m1/s1. The molecule has 0 unspecified atom stereocenters. The number of hydrogen-bond acceptors (Lipinski definition) is 2. The minimum Gasteiger partial charge on any atom is -0.396 e. The maximum absolute atomic E-state index is 13.4. The van der Waals surface area contributed by atoms with Gasteiger partial charge in [0.05, 0.1) is 5.02 Å². The smallest absolute Gasteiger partial charge is 0.142 e. The van der Waals surface area contributed by atoms with Gasteiger partial charge in [-0.05, 0) is 36.6 Å². The van der Waals surface area contributed by atoms with E-state index in [-0.39, 0.29) is 29.3 Å². The van der Waals surface area contributed by atoms with Crippen molar-refractivity contribution in [1.29, 1.82) is 0 Å². The van der Waals surface area contributed by atoms with Gasteiger partial charge in [-0.3, -0.25) is 0 Å². The molecule has 1 aromatic rings. The Balaban J connectivity index is 2.23. The third kappa shape index (κ3) is 2.37. The van der Waals surface area contributed by atoms with Gasteiger partial charge >= 0.3 is 0 Å². The molecule has 0 bridgehead atoms. The normalized spacial score (nSPS) is 25.7. The lowest BCUT2D eigenvalue weighted by Crippen LogP contribution is -2.37. The molecular weight excluding hydrogens is 229 g/mol. The van der Waals surface area contributed by atoms with Gasteiger partial charge in [0.2, 0.25) is 0 Å². The summed E-state index contributed by atoms with van der Waals surface area (Å²) in [6.07, 6.45) is 0.923. The number of aliphatic hydroxyl groups is 1. The van der Waals surface area contributed by atoms with Crippen LogP contribution >= 0.6 is 11.6 Å². The summed E-state index contributed by atoms with van der Waals surface area (Å²) in [4.78, 5) is 0. The van der Waals surface area contributed by atoms with E-state index in [4.69, 9.17) is 11.6 Å². The highest BCUT2D eigenvalue weighted by molar-refractivity contribution is 6.30. The van der Waals surface area contributed by atoms with Crippen LogP contribution in [0, 0.1) is 11.7 Å². The topological polar surface area (TPSA) is 32.3 Å². The third-order valence-corrected chi connectivity index (χ3v) is 3.52. The van der Waals surface area contributed by atoms with Crippen molar-refractivity contribution in [3.05, 3.63) is 34.6 Å². The molecule has 1 aliphatic rings. The highest BCUT2D eigenvalue weighted by Gasteiger charge is 2.26. The zero-order valence-electron chi connectivity index (χ0n) is 8.92. The highest BCUT2D eigenvalue weighted by atomic mass is 35.5. The molecule has 1 heterocycles. The largest absolute Gasteiger partial charge is 0.396 e. The Hall–Kier alpha value is -0.640. The van der Waals surface area contributed by atoms with Crippen LogP contribution in [-0.2, 0) is 0 Å². The fourth-order valence-corrected chi connectivity index (χ4v) is 2.41. The summed E-state index contributed by atoms with van der Waals surface area (Å²) in [7, 11) is 0. The van der Waals surface area contributed by atoms with E-state index in [1.165, 1.54) is 6.07 Å². The van der Waals surface area contributed by atoms with E-state index >= 15 is 0 Å². The van der Waals surface area contributed by atoms with Gasteiger partial charge in [-0.25, -0.2) is 4.39 Å². The summed E-state index contributed by atoms with van der Waals surface area (Å²) >= 11 is 5.65. The monoisotopic (exact) mass is 243 g/mol. The maximum Gasteiger partial charge on any atom is 0.142 e. The molecule has 4 heteroatoms. The van der Waals surface area contributed by atoms with Crippen molar-refractivity contribution in [1.82, 2.24) is 5.32 Å². The molecule has 2 nitrogen and oxygen atoms in total. The van der Waals surface area contributed by atoms with Crippen molar-refractivity contribution in [2.75, 3.05) is 19.7 Å². The van der Waals surface area contributed by atoms with E-state index < -0.39 is 0 Å². The molecule has 2 atom stereocenters. The lowest BCUT2D eigenvalue weighted by molar-refractivity contribution is 0.179. The SMILES string of the molecule is OC[C@H]1CNCC[C@@H]1c1ccc(Cl)c(F)c1. The first-order valence-electron chi connectivity index (χ1n) is 5.49. The number of piperidine rings is 1. The second-order valence-electron chi connectivity index (χ2n) is 4.22. The molecule has 16 heavy (non-hydrogen) atoms. The lowest BCUT2D eigenvalue weighted by atomic mass is 9.81. The number of benzene rings is 1. The number of hydrogen-bond donors (Lipinski definition) is 2. The Morgan fingerprint density at radius 1 is 1.50 bits per heavy atom. The Kier molecular flexibility index (Phi) is 3.79. The number of aliphatic hydroxyl groups excluding tert-OH is 1. The van der Waals surface area contributed by atoms with Gasteiger partial charge in [0.1, 0.15) is 5.82 Å². The molecule has 1 aromatic carbocycles. The molecule has 0 aliphatic carbocycles. The number of halogens is 2. The zero-order chi connectivity index (χ0) is 11.5. The summed E-state index contributed by atoms with van der Waals surface area (Å²) in [5.41, 5.74) is 0.933. The molecule has 2 rings (SSSR count). The van der Waals surface area contributed by atoms with E-state index in [9.17, 15) is 9.50 Å². The number of nitrogens with one attached hydrogen (secondary N) is 1. The maximum atomic E-state index is 13.4. The van der Waals surface area contributed by atoms with E-state index in [2.05, 4.69) is 5.32 Å². The molecule has 0 aromatic heterocycles. The van der Waals surface area contributed by atoms with Gasteiger partial charge < -0.3 is 10.4 Å². The van der Waals surface area contributed by atoms with E-state index in [1.54, 1.807) is 6.07 Å². The van der Waals surface area contributed by atoms with Crippen molar-refractivity contribution in [2.24, 2.45) is 5.92 Å². The van der Waals surface area contributed by atoms with Crippen LogP contribution in [0.2, 0.25) is 5.02 Å². The van der Waals surface area contributed by atoms with Crippen LogP contribution in [0.25, 0.3) is 0 Å². The predicted octanol–water partition coefficient (Wildman–Crippen LogP) is 2.16. The summed E-state index contributed by atoms with van der Waals surface area (Å²) in [5.74, 6) is 0.00160. The Morgan fingerprint density at radius 3 is 3.00 bits per heavy atom. The minimum absolute atomic E-state index is 0.127. The van der Waals surface area contributed by atoms with Crippen molar-refractivity contribution in [3.8, 4) is 0 Å². The van der Waals surface area contributed by atoms with Crippen molar-refractivity contribution in [3.63, 3.8) is 0 Å². The predicted molar refractivity (Wildman–Crippen MR) is 62.2 cm³/mol. The van der Waals surface area contributed by atoms with Crippen LogP contribution in [0.4, 0.5) is 4.39 Å². The van der Waals surface area contributed by atoms with Crippen LogP contribution in [0.15, 0.2) is 18.2 Å². The van der Waals surface area contributed by atoms with Gasteiger partial charge in [0.25, 0.3) is 0 Å². The van der Waals surface area contributed by atoms with Crippen molar-refractivity contribution >= 4 is 11.6 Å². The molecule has 0 radical (unpaired) electrons. The van der Waals surface area contributed by atoms with Gasteiger partial charge in [0.15, 0.2) is 0 Å². The van der Waals surface area contributed by atoms with Crippen LogP contribution in [0.1, 0.15) is 17.9 Å². The number of rotatable bonds is 2. The average Bonchev–Trinajstić information content (AvgIpc) is 2.32. The first-order valence-corrected chi connectivity index (χ1v) is 5.86. The lowest BCUT2D eigenvalue weighted by Gasteiger charge is -2.31. The second kappa shape index (κ2) is 5.13. The van der Waals surface area contributed by atoms with Crippen molar-refractivity contribution in [2.45, 2.75) is 12.3 Å². The molecular formula is C12H15ClFNO. The van der Waals surface area contributed by atoms with Gasteiger partial charge in [-0.2, -0.15) is 0 Å². The Bertz CT molecular complexity index is 372. The van der Waals surface area contributed by atoms with E-state index in [0.29, 0.717) is 0 Å². The molecule has 0 amide bonds. The molecule has 0 saturated carbocycles. The van der Waals surface area contributed by atoms with E-state index in [0.717, 1.165) is 25.1 Å². The van der Waals surface area contributed by atoms with Gasteiger partial charge in [-0.15, -0.1) is 0 Å². The molecule has 1 aliphatic heterocycles. The van der Waals surface area contributed by atoms with Crippen molar-refractivity contribution < 1.29 is 9.50 Å². The Labute approximate surface area is 99.4 Å². The zero-order valence-corrected chi connectivity index (χ0v) is 9.67.